The van der Waals surface area contributed by atoms with Crippen LogP contribution in [0.15, 0.2) is 0 Å². The minimum atomic E-state index is -4.54. The fourth-order valence-corrected chi connectivity index (χ4v) is 1.55. The summed E-state index contributed by atoms with van der Waals surface area (Å²) in [5, 5.41) is 9.17. The van der Waals surface area contributed by atoms with Crippen molar-refractivity contribution in [2.75, 3.05) is 0 Å². The Kier molecular flexibility index (Phi) is 2.35. The first-order valence-electron chi connectivity index (χ1n) is 3.90. The van der Waals surface area contributed by atoms with Crippen LogP contribution in [0.1, 0.15) is 25.7 Å². The van der Waals surface area contributed by atoms with Crippen LogP contribution in [-0.2, 0) is 0 Å². The lowest BCUT2D eigenvalue weighted by Crippen LogP contribution is -2.51. The quantitative estimate of drug-likeness (QED) is 0.592. The van der Waals surface area contributed by atoms with Gasteiger partial charge in [-0.1, -0.05) is 0 Å². The van der Waals surface area contributed by atoms with Crippen LogP contribution in [0.3, 0.4) is 0 Å². The number of nitrogens with two attached hydrogens (primary N) is 1. The van der Waals surface area contributed by atoms with Crippen LogP contribution in [0.2, 0.25) is 0 Å². The van der Waals surface area contributed by atoms with Gasteiger partial charge < -0.3 is 10.8 Å². The highest BCUT2D eigenvalue weighted by Crippen LogP contribution is 2.40. The Morgan fingerprint density at radius 1 is 1.42 bits per heavy atom. The molecular formula is C7H12F3NO. The van der Waals surface area contributed by atoms with Gasteiger partial charge in [0.15, 0.2) is 5.60 Å². The molecule has 72 valence electrons. The first-order valence-corrected chi connectivity index (χ1v) is 3.90. The van der Waals surface area contributed by atoms with E-state index in [1.807, 2.05) is 0 Å². The maximum absolute atomic E-state index is 12.2. The van der Waals surface area contributed by atoms with E-state index in [4.69, 9.17) is 5.73 Å². The average Bonchev–Trinajstić information content (AvgIpc) is 1.83. The molecule has 2 nitrogen and oxygen atoms in total. The predicted octanol–water partition coefficient (Wildman–Crippen LogP) is 1.18. The van der Waals surface area contributed by atoms with E-state index in [2.05, 4.69) is 0 Å². The van der Waals surface area contributed by atoms with Gasteiger partial charge in [0.25, 0.3) is 0 Å². The third kappa shape index (κ3) is 1.72. The van der Waals surface area contributed by atoms with Gasteiger partial charge in [-0.15, -0.1) is 0 Å². The molecule has 3 N–H and O–H groups in total. The highest BCUT2D eigenvalue weighted by Gasteiger charge is 2.54. The van der Waals surface area contributed by atoms with Crippen LogP contribution in [0, 0.1) is 0 Å². The zero-order chi connectivity index (χ0) is 9.41. The summed E-state index contributed by atoms with van der Waals surface area (Å²) in [5.74, 6) is 0. The number of rotatable bonds is 0. The molecule has 1 unspecified atom stereocenters. The number of hydrogen-bond donors (Lipinski definition) is 2. The van der Waals surface area contributed by atoms with Gasteiger partial charge in [-0.25, -0.2) is 0 Å². The molecule has 0 amide bonds. The van der Waals surface area contributed by atoms with Crippen molar-refractivity contribution in [3.63, 3.8) is 0 Å². The van der Waals surface area contributed by atoms with Gasteiger partial charge in [-0.05, 0) is 19.3 Å². The van der Waals surface area contributed by atoms with Crippen molar-refractivity contribution in [3.8, 4) is 0 Å². The molecule has 0 aliphatic heterocycles. The third-order valence-corrected chi connectivity index (χ3v) is 2.29. The summed E-state index contributed by atoms with van der Waals surface area (Å²) < 4.78 is 36.6. The van der Waals surface area contributed by atoms with Gasteiger partial charge in [0.05, 0.1) is 0 Å². The Hall–Kier alpha value is -0.290. The molecular weight excluding hydrogens is 171 g/mol. The summed E-state index contributed by atoms with van der Waals surface area (Å²) in [4.78, 5) is 0. The molecule has 1 saturated carbocycles. The van der Waals surface area contributed by atoms with Gasteiger partial charge in [0, 0.05) is 12.5 Å². The lowest BCUT2D eigenvalue weighted by atomic mass is 9.82. The van der Waals surface area contributed by atoms with E-state index in [9.17, 15) is 18.3 Å². The molecule has 1 rings (SSSR count). The zero-order valence-corrected chi connectivity index (χ0v) is 6.56. The van der Waals surface area contributed by atoms with Crippen molar-refractivity contribution in [1.29, 1.82) is 0 Å². The fourth-order valence-electron chi connectivity index (χ4n) is 1.55. The SMILES string of the molecule is NC1CCC[C@@](O)(C(F)(F)F)C1. The average molecular weight is 183 g/mol. The highest BCUT2D eigenvalue weighted by molar-refractivity contribution is 4.93. The Morgan fingerprint density at radius 2 is 2.00 bits per heavy atom. The molecule has 0 aromatic rings. The van der Waals surface area contributed by atoms with Crippen LogP contribution in [0.25, 0.3) is 0 Å². The molecule has 0 heterocycles. The minimum absolute atomic E-state index is 0.218. The predicted molar refractivity (Wildman–Crippen MR) is 37.4 cm³/mol. The van der Waals surface area contributed by atoms with E-state index in [1.165, 1.54) is 0 Å². The van der Waals surface area contributed by atoms with Crippen LogP contribution in [0.4, 0.5) is 13.2 Å². The van der Waals surface area contributed by atoms with Crippen LogP contribution >= 0.6 is 0 Å². The van der Waals surface area contributed by atoms with Crippen molar-refractivity contribution in [2.24, 2.45) is 5.73 Å². The van der Waals surface area contributed by atoms with Gasteiger partial charge in [-0.2, -0.15) is 13.2 Å². The molecule has 1 aliphatic rings. The van der Waals surface area contributed by atoms with Gasteiger partial charge in [0.1, 0.15) is 0 Å². The van der Waals surface area contributed by atoms with Crippen LogP contribution in [-0.4, -0.2) is 22.9 Å². The van der Waals surface area contributed by atoms with Gasteiger partial charge in [0.2, 0.25) is 0 Å². The van der Waals surface area contributed by atoms with Crippen molar-refractivity contribution < 1.29 is 18.3 Å². The molecule has 12 heavy (non-hydrogen) atoms. The molecule has 1 aliphatic carbocycles. The highest BCUT2D eigenvalue weighted by atomic mass is 19.4. The second-order valence-corrected chi connectivity index (χ2v) is 3.39. The minimum Gasteiger partial charge on any atom is -0.380 e. The Bertz CT molecular complexity index is 171. The first kappa shape index (κ1) is 9.80. The fraction of sp³-hybridized carbons (Fsp3) is 1.00. The summed E-state index contributed by atoms with van der Waals surface area (Å²) in [6.07, 6.45) is -4.21. The van der Waals surface area contributed by atoms with Crippen LogP contribution < -0.4 is 5.73 Å². The Labute approximate surface area is 68.6 Å². The topological polar surface area (TPSA) is 46.2 Å². The smallest absolute Gasteiger partial charge is 0.380 e. The number of alkyl halides is 3. The van der Waals surface area contributed by atoms with E-state index in [-0.39, 0.29) is 12.8 Å². The van der Waals surface area contributed by atoms with E-state index >= 15 is 0 Å². The lowest BCUT2D eigenvalue weighted by Gasteiger charge is -2.36. The number of aliphatic hydroxyl groups is 1. The second kappa shape index (κ2) is 2.88. The molecule has 2 atom stereocenters. The molecule has 0 radical (unpaired) electrons. The Balaban J connectivity index is 2.70. The monoisotopic (exact) mass is 183 g/mol. The van der Waals surface area contributed by atoms with Crippen molar-refractivity contribution in [3.05, 3.63) is 0 Å². The summed E-state index contributed by atoms with van der Waals surface area (Å²) in [6.45, 7) is 0. The Morgan fingerprint density at radius 3 is 2.33 bits per heavy atom. The molecule has 0 saturated heterocycles. The number of halogens is 3. The lowest BCUT2D eigenvalue weighted by molar-refractivity contribution is -0.270. The summed E-state index contributed by atoms with van der Waals surface area (Å²) in [5.41, 5.74) is 2.81. The standard InChI is InChI=1S/C7H12F3NO/c8-7(9,10)6(12)3-1-2-5(11)4-6/h5,12H,1-4,11H2/t5?,6-/m0/s1. The summed E-state index contributed by atoms with van der Waals surface area (Å²) in [6, 6.07) is -0.523. The van der Waals surface area contributed by atoms with E-state index in [1.54, 1.807) is 0 Å². The molecule has 5 heteroatoms. The zero-order valence-electron chi connectivity index (χ0n) is 6.56. The number of hydrogen-bond acceptors (Lipinski definition) is 2. The molecule has 0 aromatic heterocycles. The van der Waals surface area contributed by atoms with E-state index in [0.29, 0.717) is 12.8 Å². The second-order valence-electron chi connectivity index (χ2n) is 3.39. The van der Waals surface area contributed by atoms with Crippen molar-refractivity contribution >= 4 is 0 Å². The normalized spacial score (nSPS) is 38.2. The van der Waals surface area contributed by atoms with Crippen molar-refractivity contribution in [2.45, 2.75) is 43.5 Å². The van der Waals surface area contributed by atoms with Gasteiger partial charge in [-0.3, -0.25) is 0 Å². The maximum Gasteiger partial charge on any atom is 0.417 e. The maximum atomic E-state index is 12.2. The van der Waals surface area contributed by atoms with Gasteiger partial charge >= 0.3 is 6.18 Å². The molecule has 1 fully saturated rings. The van der Waals surface area contributed by atoms with Crippen molar-refractivity contribution in [1.82, 2.24) is 0 Å². The van der Waals surface area contributed by atoms with E-state index < -0.39 is 17.8 Å². The molecule has 0 bridgehead atoms. The summed E-state index contributed by atoms with van der Waals surface area (Å²) >= 11 is 0. The summed E-state index contributed by atoms with van der Waals surface area (Å²) in [7, 11) is 0. The van der Waals surface area contributed by atoms with E-state index in [0.717, 1.165) is 0 Å². The van der Waals surface area contributed by atoms with Crippen LogP contribution in [0.5, 0.6) is 0 Å². The third-order valence-electron chi connectivity index (χ3n) is 2.29. The molecule has 0 spiro atoms. The first-order chi connectivity index (χ1) is 5.35. The largest absolute Gasteiger partial charge is 0.417 e. The molecule has 0 aromatic carbocycles.